The molecule has 2 rings (SSSR count). The molecule has 2 aromatic rings. The number of benzene rings is 2. The number of urea groups is 1. The van der Waals surface area contributed by atoms with Crippen molar-refractivity contribution >= 4 is 23.3 Å². The molecule has 2 aromatic carbocycles. The third-order valence-corrected chi connectivity index (χ3v) is 3.57. The fraction of sp³-hybridized carbons (Fsp3) is 0.222. The number of para-hydroxylation sites is 1. The van der Waals surface area contributed by atoms with Gasteiger partial charge in [-0.05, 0) is 49.2 Å². The maximum atomic E-state index is 12.9. The van der Waals surface area contributed by atoms with Crippen molar-refractivity contribution in [2.45, 2.75) is 13.8 Å². The fourth-order valence-corrected chi connectivity index (χ4v) is 2.23. The zero-order valence-electron chi connectivity index (χ0n) is 13.9. The van der Waals surface area contributed by atoms with Gasteiger partial charge in [-0.2, -0.15) is 0 Å². The highest BCUT2D eigenvalue weighted by Crippen LogP contribution is 2.19. The van der Waals surface area contributed by atoms with E-state index in [1.807, 2.05) is 32.0 Å². The number of amides is 3. The number of nitrogens with zero attached hydrogens (tertiary/aromatic N) is 1. The second kappa shape index (κ2) is 7.59. The van der Waals surface area contributed by atoms with Gasteiger partial charge in [0, 0.05) is 18.4 Å². The van der Waals surface area contributed by atoms with Gasteiger partial charge in [0.2, 0.25) is 5.91 Å². The summed E-state index contributed by atoms with van der Waals surface area (Å²) in [6.45, 7) is 3.72. The van der Waals surface area contributed by atoms with Gasteiger partial charge in [0.1, 0.15) is 12.4 Å². The molecule has 0 radical (unpaired) electrons. The molecule has 2 N–H and O–H groups in total. The third-order valence-electron chi connectivity index (χ3n) is 3.57. The summed E-state index contributed by atoms with van der Waals surface area (Å²) in [5.41, 5.74) is 3.14. The Bertz CT molecular complexity index is 724. The Morgan fingerprint density at radius 3 is 2.17 bits per heavy atom. The van der Waals surface area contributed by atoms with Crippen LogP contribution in [0.2, 0.25) is 0 Å². The van der Waals surface area contributed by atoms with Gasteiger partial charge >= 0.3 is 6.03 Å². The Kier molecular flexibility index (Phi) is 5.52. The summed E-state index contributed by atoms with van der Waals surface area (Å²) in [7, 11) is 1.52. The van der Waals surface area contributed by atoms with E-state index in [4.69, 9.17) is 0 Å². The maximum Gasteiger partial charge on any atom is 0.322 e. The molecule has 0 spiro atoms. The fourth-order valence-electron chi connectivity index (χ4n) is 2.23. The molecule has 0 aliphatic heterocycles. The summed E-state index contributed by atoms with van der Waals surface area (Å²) in [6, 6.07) is 10.7. The van der Waals surface area contributed by atoms with Gasteiger partial charge in [-0.15, -0.1) is 0 Å². The molecule has 24 heavy (non-hydrogen) atoms. The predicted molar refractivity (Wildman–Crippen MR) is 92.6 cm³/mol. The van der Waals surface area contributed by atoms with E-state index in [9.17, 15) is 14.0 Å². The van der Waals surface area contributed by atoms with Crippen LogP contribution in [0, 0.1) is 19.7 Å². The first-order valence-corrected chi connectivity index (χ1v) is 7.50. The molecule has 0 fully saturated rings. The number of hydrogen-bond acceptors (Lipinski definition) is 2. The monoisotopic (exact) mass is 329 g/mol. The lowest BCUT2D eigenvalue weighted by molar-refractivity contribution is -0.116. The van der Waals surface area contributed by atoms with Gasteiger partial charge in [0.05, 0.1) is 0 Å². The number of nitrogens with one attached hydrogen (secondary N) is 2. The smallest absolute Gasteiger partial charge is 0.322 e. The van der Waals surface area contributed by atoms with Gasteiger partial charge in [-0.3, -0.25) is 4.79 Å². The van der Waals surface area contributed by atoms with Crippen molar-refractivity contribution in [1.82, 2.24) is 4.90 Å². The number of likely N-dealkylation sites (N-methyl/N-ethyl adjacent to an activating group) is 1. The summed E-state index contributed by atoms with van der Waals surface area (Å²) in [4.78, 5) is 25.5. The quantitative estimate of drug-likeness (QED) is 0.901. The molecule has 0 heterocycles. The highest BCUT2D eigenvalue weighted by molar-refractivity contribution is 5.97. The average Bonchev–Trinajstić information content (AvgIpc) is 2.53. The number of halogens is 1. The second-order valence-corrected chi connectivity index (χ2v) is 5.61. The first-order valence-electron chi connectivity index (χ1n) is 7.50. The molecule has 0 unspecified atom stereocenters. The number of carbonyl (C=O) groups excluding carboxylic acids is 2. The van der Waals surface area contributed by atoms with Crippen LogP contribution in [0.5, 0.6) is 0 Å². The number of aryl methyl sites for hydroxylation is 2. The molecule has 5 nitrogen and oxygen atoms in total. The summed E-state index contributed by atoms with van der Waals surface area (Å²) in [5, 5.41) is 5.43. The summed E-state index contributed by atoms with van der Waals surface area (Å²) in [6.07, 6.45) is 0. The lowest BCUT2D eigenvalue weighted by Crippen LogP contribution is -2.37. The maximum absolute atomic E-state index is 12.9. The first kappa shape index (κ1) is 17.5. The van der Waals surface area contributed by atoms with Crippen LogP contribution in [0.1, 0.15) is 11.1 Å². The van der Waals surface area contributed by atoms with Crippen LogP contribution in [0.15, 0.2) is 42.5 Å². The second-order valence-electron chi connectivity index (χ2n) is 5.61. The minimum atomic E-state index is -0.446. The van der Waals surface area contributed by atoms with Crippen LogP contribution in [0.25, 0.3) is 0 Å². The Labute approximate surface area is 140 Å². The van der Waals surface area contributed by atoms with Crippen LogP contribution in [0.3, 0.4) is 0 Å². The van der Waals surface area contributed by atoms with Gasteiger partial charge < -0.3 is 15.5 Å². The van der Waals surface area contributed by atoms with E-state index < -0.39 is 6.03 Å². The van der Waals surface area contributed by atoms with E-state index in [-0.39, 0.29) is 18.3 Å². The summed E-state index contributed by atoms with van der Waals surface area (Å²) in [5.74, 6) is -0.668. The molecule has 0 atom stereocenters. The SMILES string of the molecule is Cc1cccc(C)c1NC(=O)CN(C)C(=O)Nc1ccc(F)cc1. The highest BCUT2D eigenvalue weighted by atomic mass is 19.1. The number of anilines is 2. The van der Waals surface area contributed by atoms with E-state index in [2.05, 4.69) is 10.6 Å². The zero-order chi connectivity index (χ0) is 17.7. The van der Waals surface area contributed by atoms with Crippen molar-refractivity contribution in [3.8, 4) is 0 Å². The average molecular weight is 329 g/mol. The Morgan fingerprint density at radius 1 is 1.00 bits per heavy atom. The van der Waals surface area contributed by atoms with Crippen molar-refractivity contribution in [2.75, 3.05) is 24.2 Å². The molecule has 6 heteroatoms. The number of carbonyl (C=O) groups is 2. The number of hydrogen-bond donors (Lipinski definition) is 2. The highest BCUT2D eigenvalue weighted by Gasteiger charge is 2.14. The van der Waals surface area contributed by atoms with E-state index >= 15 is 0 Å². The molecule has 0 aromatic heterocycles. The topological polar surface area (TPSA) is 61.4 Å². The van der Waals surface area contributed by atoms with Crippen LogP contribution in [-0.2, 0) is 4.79 Å². The van der Waals surface area contributed by atoms with E-state index in [0.29, 0.717) is 5.69 Å². The van der Waals surface area contributed by atoms with Gasteiger partial charge in [-0.1, -0.05) is 18.2 Å². The summed E-state index contributed by atoms with van der Waals surface area (Å²) < 4.78 is 12.9. The minimum Gasteiger partial charge on any atom is -0.324 e. The molecular formula is C18H20FN3O2. The van der Waals surface area contributed by atoms with Crippen LogP contribution < -0.4 is 10.6 Å². The van der Waals surface area contributed by atoms with Crippen molar-refractivity contribution < 1.29 is 14.0 Å². The molecule has 0 bridgehead atoms. The number of rotatable bonds is 4. The standard InChI is InChI=1S/C18H20FN3O2/c1-12-5-4-6-13(2)17(12)21-16(23)11-22(3)18(24)20-15-9-7-14(19)8-10-15/h4-10H,11H2,1-3H3,(H,20,24)(H,21,23). The lowest BCUT2D eigenvalue weighted by Gasteiger charge is -2.18. The Morgan fingerprint density at radius 2 is 1.58 bits per heavy atom. The van der Waals surface area contributed by atoms with E-state index in [1.54, 1.807) is 0 Å². The van der Waals surface area contributed by atoms with Crippen molar-refractivity contribution in [3.05, 3.63) is 59.4 Å². The zero-order valence-corrected chi connectivity index (χ0v) is 13.9. The largest absolute Gasteiger partial charge is 0.324 e. The van der Waals surface area contributed by atoms with E-state index in [0.717, 1.165) is 16.8 Å². The molecular weight excluding hydrogens is 309 g/mol. The molecule has 3 amide bonds. The molecule has 0 saturated heterocycles. The molecule has 0 aliphatic carbocycles. The van der Waals surface area contributed by atoms with Crippen LogP contribution in [-0.4, -0.2) is 30.4 Å². The predicted octanol–water partition coefficient (Wildman–Crippen LogP) is 3.54. The Hall–Kier alpha value is -2.89. The Balaban J connectivity index is 1.93. The third kappa shape index (κ3) is 4.55. The van der Waals surface area contributed by atoms with Crippen molar-refractivity contribution in [1.29, 1.82) is 0 Å². The van der Waals surface area contributed by atoms with Crippen molar-refractivity contribution in [2.24, 2.45) is 0 Å². The normalized spacial score (nSPS) is 10.2. The lowest BCUT2D eigenvalue weighted by atomic mass is 10.1. The molecule has 0 saturated carbocycles. The molecule has 126 valence electrons. The van der Waals surface area contributed by atoms with Gasteiger partial charge in [0.25, 0.3) is 0 Å². The minimum absolute atomic E-state index is 0.0964. The van der Waals surface area contributed by atoms with Gasteiger partial charge in [-0.25, -0.2) is 9.18 Å². The van der Waals surface area contributed by atoms with Crippen molar-refractivity contribution in [3.63, 3.8) is 0 Å². The van der Waals surface area contributed by atoms with Crippen LogP contribution >= 0.6 is 0 Å². The first-order chi connectivity index (χ1) is 11.4. The van der Waals surface area contributed by atoms with Crippen LogP contribution in [0.4, 0.5) is 20.6 Å². The van der Waals surface area contributed by atoms with E-state index in [1.165, 1.54) is 36.2 Å². The molecule has 0 aliphatic rings. The van der Waals surface area contributed by atoms with Gasteiger partial charge in [0.15, 0.2) is 0 Å². The summed E-state index contributed by atoms with van der Waals surface area (Å²) >= 11 is 0.